The van der Waals surface area contributed by atoms with E-state index in [0.29, 0.717) is 24.7 Å². The van der Waals surface area contributed by atoms with Crippen molar-refractivity contribution in [2.45, 2.75) is 6.92 Å². The zero-order valence-electron chi connectivity index (χ0n) is 9.03. The lowest BCUT2D eigenvalue weighted by Crippen LogP contribution is -2.11. The van der Waals surface area contributed by atoms with Gasteiger partial charge in [0.2, 0.25) is 0 Å². The standard InChI is InChI=1S/C11H15NO3/c1-4-8-15-9-6-7-12(3)10(9)11(13)14-5-2/h4,6-7H,1,5,8H2,2-3H3. The zero-order chi connectivity index (χ0) is 11.3. The predicted octanol–water partition coefficient (Wildman–Crippen LogP) is 1.77. The molecular weight excluding hydrogens is 194 g/mol. The van der Waals surface area contributed by atoms with Gasteiger partial charge < -0.3 is 14.0 Å². The summed E-state index contributed by atoms with van der Waals surface area (Å²) in [6, 6.07) is 1.73. The molecular formula is C11H15NO3. The number of ether oxygens (including phenoxy) is 2. The van der Waals surface area contributed by atoms with E-state index in [2.05, 4.69) is 6.58 Å². The van der Waals surface area contributed by atoms with Gasteiger partial charge in [-0.2, -0.15) is 0 Å². The molecule has 1 rings (SSSR count). The molecule has 0 amide bonds. The number of rotatable bonds is 5. The van der Waals surface area contributed by atoms with Crippen molar-refractivity contribution >= 4 is 5.97 Å². The first kappa shape index (κ1) is 11.4. The quantitative estimate of drug-likeness (QED) is 0.548. The van der Waals surface area contributed by atoms with Crippen LogP contribution in [0.4, 0.5) is 0 Å². The summed E-state index contributed by atoms with van der Waals surface area (Å²) in [4.78, 5) is 11.6. The first-order chi connectivity index (χ1) is 7.20. The van der Waals surface area contributed by atoms with Gasteiger partial charge in [0, 0.05) is 13.2 Å². The van der Waals surface area contributed by atoms with E-state index in [1.54, 1.807) is 36.9 Å². The molecule has 0 saturated carbocycles. The fraction of sp³-hybridized carbons (Fsp3) is 0.364. The second kappa shape index (κ2) is 5.24. The average Bonchev–Trinajstić information content (AvgIpc) is 2.57. The molecule has 0 aliphatic carbocycles. The lowest BCUT2D eigenvalue weighted by molar-refractivity contribution is 0.0511. The Bertz CT molecular complexity index is 355. The van der Waals surface area contributed by atoms with Gasteiger partial charge in [0.25, 0.3) is 0 Å². The Kier molecular flexibility index (Phi) is 3.97. The lowest BCUT2D eigenvalue weighted by atomic mass is 10.4. The van der Waals surface area contributed by atoms with Crippen LogP contribution in [0.15, 0.2) is 24.9 Å². The van der Waals surface area contributed by atoms with E-state index in [-0.39, 0.29) is 5.97 Å². The molecule has 0 bridgehead atoms. The minimum Gasteiger partial charge on any atom is -0.487 e. The summed E-state index contributed by atoms with van der Waals surface area (Å²) in [7, 11) is 1.77. The van der Waals surface area contributed by atoms with Gasteiger partial charge >= 0.3 is 5.97 Å². The van der Waals surface area contributed by atoms with Crippen LogP contribution in [0.25, 0.3) is 0 Å². The van der Waals surface area contributed by atoms with Crippen LogP contribution in [0.5, 0.6) is 5.75 Å². The van der Waals surface area contributed by atoms with Gasteiger partial charge in [-0.1, -0.05) is 12.7 Å². The molecule has 82 valence electrons. The Hall–Kier alpha value is -1.71. The normalized spacial score (nSPS) is 9.73. The minimum absolute atomic E-state index is 0.352. The number of carbonyl (C=O) groups is 1. The molecule has 0 saturated heterocycles. The maximum Gasteiger partial charge on any atom is 0.358 e. The SMILES string of the molecule is C=CCOc1ccn(C)c1C(=O)OCC. The highest BCUT2D eigenvalue weighted by Crippen LogP contribution is 2.20. The van der Waals surface area contributed by atoms with Gasteiger partial charge in [-0.25, -0.2) is 4.79 Å². The van der Waals surface area contributed by atoms with Crippen molar-refractivity contribution in [1.29, 1.82) is 0 Å². The number of hydrogen-bond donors (Lipinski definition) is 0. The highest BCUT2D eigenvalue weighted by Gasteiger charge is 2.17. The molecule has 0 N–H and O–H groups in total. The number of aryl methyl sites for hydroxylation is 1. The molecule has 1 aromatic heterocycles. The zero-order valence-corrected chi connectivity index (χ0v) is 9.03. The summed E-state index contributed by atoms with van der Waals surface area (Å²) in [6.45, 7) is 6.04. The van der Waals surface area contributed by atoms with Gasteiger partial charge in [-0.05, 0) is 13.0 Å². The molecule has 1 heterocycles. The Labute approximate surface area is 89.1 Å². The van der Waals surface area contributed by atoms with E-state index in [4.69, 9.17) is 9.47 Å². The van der Waals surface area contributed by atoms with Crippen molar-refractivity contribution in [2.24, 2.45) is 7.05 Å². The molecule has 0 aromatic carbocycles. The van der Waals surface area contributed by atoms with E-state index < -0.39 is 0 Å². The van der Waals surface area contributed by atoms with Crippen molar-refractivity contribution in [1.82, 2.24) is 4.57 Å². The summed E-state index contributed by atoms with van der Waals surface area (Å²) >= 11 is 0. The number of carbonyl (C=O) groups excluding carboxylic acids is 1. The van der Waals surface area contributed by atoms with Crippen LogP contribution in [0.3, 0.4) is 0 Å². The highest BCUT2D eigenvalue weighted by atomic mass is 16.5. The molecule has 0 aliphatic heterocycles. The minimum atomic E-state index is -0.371. The molecule has 0 unspecified atom stereocenters. The summed E-state index contributed by atoms with van der Waals surface area (Å²) in [5, 5.41) is 0. The molecule has 4 nitrogen and oxygen atoms in total. The first-order valence-electron chi connectivity index (χ1n) is 4.76. The van der Waals surface area contributed by atoms with Crippen LogP contribution in [0.2, 0.25) is 0 Å². The van der Waals surface area contributed by atoms with E-state index in [9.17, 15) is 4.79 Å². The molecule has 0 radical (unpaired) electrons. The summed E-state index contributed by atoms with van der Waals surface area (Å²) < 4.78 is 11.9. The number of hydrogen-bond acceptors (Lipinski definition) is 3. The number of nitrogens with zero attached hydrogens (tertiary/aromatic N) is 1. The van der Waals surface area contributed by atoms with Crippen molar-refractivity contribution in [2.75, 3.05) is 13.2 Å². The van der Waals surface area contributed by atoms with Gasteiger partial charge in [0.15, 0.2) is 11.4 Å². The van der Waals surface area contributed by atoms with E-state index in [1.165, 1.54) is 0 Å². The van der Waals surface area contributed by atoms with E-state index in [1.807, 2.05) is 0 Å². The molecule has 1 aromatic rings. The molecule has 0 fully saturated rings. The highest BCUT2D eigenvalue weighted by molar-refractivity contribution is 5.90. The van der Waals surface area contributed by atoms with Crippen molar-refractivity contribution < 1.29 is 14.3 Å². The van der Waals surface area contributed by atoms with Gasteiger partial charge in [0.1, 0.15) is 6.61 Å². The maximum atomic E-state index is 11.6. The molecule has 4 heteroatoms. The van der Waals surface area contributed by atoms with Crippen molar-refractivity contribution in [3.05, 3.63) is 30.6 Å². The monoisotopic (exact) mass is 209 g/mol. The first-order valence-corrected chi connectivity index (χ1v) is 4.76. The van der Waals surface area contributed by atoms with Crippen LogP contribution in [-0.2, 0) is 11.8 Å². The lowest BCUT2D eigenvalue weighted by Gasteiger charge is -2.06. The molecule has 0 aliphatic rings. The summed E-state index contributed by atoms with van der Waals surface area (Å²) in [6.07, 6.45) is 3.38. The second-order valence-electron chi connectivity index (χ2n) is 2.96. The van der Waals surface area contributed by atoms with Crippen LogP contribution in [0.1, 0.15) is 17.4 Å². The Morgan fingerprint density at radius 1 is 1.67 bits per heavy atom. The molecule has 15 heavy (non-hydrogen) atoms. The van der Waals surface area contributed by atoms with Crippen LogP contribution < -0.4 is 4.74 Å². The molecule has 0 atom stereocenters. The topological polar surface area (TPSA) is 40.5 Å². The maximum absolute atomic E-state index is 11.6. The van der Waals surface area contributed by atoms with Crippen molar-refractivity contribution in [3.63, 3.8) is 0 Å². The predicted molar refractivity (Wildman–Crippen MR) is 57.1 cm³/mol. The fourth-order valence-electron chi connectivity index (χ4n) is 1.22. The third-order valence-corrected chi connectivity index (χ3v) is 1.86. The van der Waals surface area contributed by atoms with Gasteiger partial charge in [-0.15, -0.1) is 0 Å². The third-order valence-electron chi connectivity index (χ3n) is 1.86. The van der Waals surface area contributed by atoms with Crippen molar-refractivity contribution in [3.8, 4) is 5.75 Å². The Morgan fingerprint density at radius 3 is 3.00 bits per heavy atom. The molecule has 0 spiro atoms. The van der Waals surface area contributed by atoms with Crippen LogP contribution >= 0.6 is 0 Å². The summed E-state index contributed by atoms with van der Waals surface area (Å²) in [5.74, 6) is 0.153. The Balaban J connectivity index is 2.87. The largest absolute Gasteiger partial charge is 0.487 e. The van der Waals surface area contributed by atoms with E-state index in [0.717, 1.165) is 0 Å². The van der Waals surface area contributed by atoms with Gasteiger partial charge in [-0.3, -0.25) is 0 Å². The van der Waals surface area contributed by atoms with Crippen LogP contribution in [0, 0.1) is 0 Å². The number of aromatic nitrogens is 1. The third kappa shape index (κ3) is 2.62. The number of esters is 1. The van der Waals surface area contributed by atoms with E-state index >= 15 is 0 Å². The van der Waals surface area contributed by atoms with Crippen LogP contribution in [-0.4, -0.2) is 23.8 Å². The smallest absolute Gasteiger partial charge is 0.358 e. The second-order valence-corrected chi connectivity index (χ2v) is 2.96. The Morgan fingerprint density at radius 2 is 2.40 bits per heavy atom. The average molecular weight is 209 g/mol. The van der Waals surface area contributed by atoms with Gasteiger partial charge in [0.05, 0.1) is 6.61 Å². The fourth-order valence-corrected chi connectivity index (χ4v) is 1.22. The summed E-state index contributed by atoms with van der Waals surface area (Å²) in [5.41, 5.74) is 0.429.